The van der Waals surface area contributed by atoms with Gasteiger partial charge in [0.05, 0.1) is 0 Å². The van der Waals surface area contributed by atoms with E-state index in [9.17, 15) is 5.11 Å². The molecule has 2 nitrogen and oxygen atoms in total. The van der Waals surface area contributed by atoms with Crippen LogP contribution in [0.2, 0.25) is 0 Å². The van der Waals surface area contributed by atoms with Gasteiger partial charge in [-0.15, -0.1) is 0 Å². The molecule has 0 heterocycles. The molecule has 0 aromatic heterocycles. The van der Waals surface area contributed by atoms with Crippen LogP contribution in [0.25, 0.3) is 0 Å². The summed E-state index contributed by atoms with van der Waals surface area (Å²) in [5.74, 6) is 0.371. The molecule has 0 spiro atoms. The number of rotatable bonds is 7. The van der Waals surface area contributed by atoms with Gasteiger partial charge in [-0.25, -0.2) is 0 Å². The van der Waals surface area contributed by atoms with E-state index in [1.54, 1.807) is 6.07 Å². The Kier molecular flexibility index (Phi) is 6.70. The predicted molar refractivity (Wildman–Crippen MR) is 134 cm³/mol. The first kappa shape index (κ1) is 21.2. The highest BCUT2D eigenvalue weighted by molar-refractivity contribution is 7.56. The van der Waals surface area contributed by atoms with Crippen molar-refractivity contribution in [3.05, 3.63) is 119 Å². The van der Waals surface area contributed by atoms with Gasteiger partial charge in [0.25, 0.3) is 0 Å². The molecule has 1 N–H and O–H groups in total. The molecule has 0 aliphatic carbocycles. The maximum absolute atomic E-state index is 10.5. The molecule has 0 saturated heterocycles. The van der Waals surface area contributed by atoms with E-state index in [0.29, 0.717) is 14.3 Å². The first-order chi connectivity index (χ1) is 15.1. The van der Waals surface area contributed by atoms with Crippen LogP contribution in [-0.4, -0.2) is 5.11 Å². The standard InChI is InChI=1S/C28H28NOP/c1-21-16-17-26(30)27(18-21)31-28-22(2)10-9-15-25(28)29(19-23-11-5-3-6-12-23)20-24-13-7-4-8-14-24/h3-18,30-31H,19-20H2,1-2H3. The van der Waals surface area contributed by atoms with Gasteiger partial charge < -0.3 is 10.0 Å². The third-order valence-corrected chi connectivity index (χ3v) is 7.01. The monoisotopic (exact) mass is 425 g/mol. The van der Waals surface area contributed by atoms with Crippen molar-refractivity contribution < 1.29 is 5.11 Å². The van der Waals surface area contributed by atoms with Gasteiger partial charge in [0, 0.05) is 29.4 Å². The second-order valence-corrected chi connectivity index (χ2v) is 9.23. The van der Waals surface area contributed by atoms with Crippen molar-refractivity contribution in [2.75, 3.05) is 4.90 Å². The van der Waals surface area contributed by atoms with Gasteiger partial charge in [-0.05, 0) is 48.7 Å². The van der Waals surface area contributed by atoms with Crippen molar-refractivity contribution in [2.24, 2.45) is 0 Å². The lowest BCUT2D eigenvalue weighted by Crippen LogP contribution is -2.27. The Bertz CT molecular complexity index is 1100. The second-order valence-electron chi connectivity index (χ2n) is 7.94. The van der Waals surface area contributed by atoms with Crippen LogP contribution in [0.4, 0.5) is 5.69 Å². The Morgan fingerprint density at radius 2 is 1.32 bits per heavy atom. The van der Waals surface area contributed by atoms with E-state index in [2.05, 4.69) is 104 Å². The van der Waals surface area contributed by atoms with Crippen LogP contribution in [0.1, 0.15) is 22.3 Å². The maximum Gasteiger partial charge on any atom is 0.123 e. The third-order valence-electron chi connectivity index (χ3n) is 5.44. The van der Waals surface area contributed by atoms with Gasteiger partial charge >= 0.3 is 0 Å². The molecule has 0 saturated carbocycles. The Morgan fingerprint density at radius 3 is 1.94 bits per heavy atom. The van der Waals surface area contributed by atoms with Crippen molar-refractivity contribution in [2.45, 2.75) is 26.9 Å². The molecule has 4 aromatic rings. The first-order valence-corrected chi connectivity index (χ1v) is 11.6. The van der Waals surface area contributed by atoms with E-state index >= 15 is 0 Å². The Labute approximate surface area is 187 Å². The quantitative estimate of drug-likeness (QED) is 0.376. The summed E-state index contributed by atoms with van der Waals surface area (Å²) < 4.78 is 0. The SMILES string of the molecule is Cc1ccc(O)c(Pc2c(C)cccc2N(Cc2ccccc2)Cc2ccccc2)c1. The Balaban J connectivity index is 1.75. The van der Waals surface area contributed by atoms with Crippen LogP contribution in [0, 0.1) is 13.8 Å². The largest absolute Gasteiger partial charge is 0.507 e. The number of aryl methyl sites for hydroxylation is 2. The van der Waals surface area contributed by atoms with E-state index in [0.717, 1.165) is 18.4 Å². The number of hydrogen-bond acceptors (Lipinski definition) is 2. The van der Waals surface area contributed by atoms with E-state index in [-0.39, 0.29) is 0 Å². The number of aromatic hydroxyl groups is 1. The molecule has 31 heavy (non-hydrogen) atoms. The van der Waals surface area contributed by atoms with Crippen LogP contribution in [0.3, 0.4) is 0 Å². The molecule has 0 bridgehead atoms. The van der Waals surface area contributed by atoms with Gasteiger partial charge in [-0.2, -0.15) is 0 Å². The minimum absolute atomic E-state index is 0.371. The van der Waals surface area contributed by atoms with Crippen molar-refractivity contribution in [1.29, 1.82) is 0 Å². The number of hydrogen-bond donors (Lipinski definition) is 1. The topological polar surface area (TPSA) is 23.5 Å². The highest BCUT2D eigenvalue weighted by Gasteiger charge is 2.16. The highest BCUT2D eigenvalue weighted by atomic mass is 31.1. The van der Waals surface area contributed by atoms with Crippen LogP contribution in [0.5, 0.6) is 5.75 Å². The van der Waals surface area contributed by atoms with Gasteiger partial charge in [0.2, 0.25) is 0 Å². The summed E-state index contributed by atoms with van der Waals surface area (Å²) in [6, 6.07) is 33.6. The molecule has 0 aliphatic heterocycles. The average molecular weight is 426 g/mol. The summed E-state index contributed by atoms with van der Waals surface area (Å²) in [5.41, 5.74) is 6.22. The van der Waals surface area contributed by atoms with Gasteiger partial charge in [0.15, 0.2) is 0 Å². The minimum atomic E-state index is 0.371. The van der Waals surface area contributed by atoms with Crippen LogP contribution < -0.4 is 15.5 Å². The zero-order chi connectivity index (χ0) is 21.6. The summed E-state index contributed by atoms with van der Waals surface area (Å²) in [6.45, 7) is 5.90. The van der Waals surface area contributed by atoms with Crippen LogP contribution in [0.15, 0.2) is 97.1 Å². The van der Waals surface area contributed by atoms with Crippen molar-refractivity contribution >= 4 is 24.9 Å². The van der Waals surface area contributed by atoms with Gasteiger partial charge in [0.1, 0.15) is 5.75 Å². The number of nitrogens with zero attached hydrogens (tertiary/aromatic N) is 1. The Morgan fingerprint density at radius 1 is 0.710 bits per heavy atom. The zero-order valence-electron chi connectivity index (χ0n) is 18.0. The zero-order valence-corrected chi connectivity index (χ0v) is 19.0. The van der Waals surface area contributed by atoms with Gasteiger partial charge in [-0.1, -0.05) is 93.0 Å². The molecular weight excluding hydrogens is 397 g/mol. The Hall–Kier alpha value is -3.09. The predicted octanol–water partition coefficient (Wildman–Crippen LogP) is 5.85. The number of phenols is 1. The lowest BCUT2D eigenvalue weighted by atomic mass is 10.1. The molecule has 4 rings (SSSR count). The summed E-state index contributed by atoms with van der Waals surface area (Å²) in [5, 5.41) is 12.8. The minimum Gasteiger partial charge on any atom is -0.507 e. The van der Waals surface area contributed by atoms with E-state index in [1.165, 1.54) is 33.2 Å². The van der Waals surface area contributed by atoms with E-state index in [1.807, 2.05) is 6.07 Å². The molecule has 0 fully saturated rings. The number of phenolic OH excluding ortho intramolecular Hbond substituents is 1. The van der Waals surface area contributed by atoms with Crippen LogP contribution >= 0.6 is 8.58 Å². The fourth-order valence-electron chi connectivity index (χ4n) is 3.80. The molecule has 1 atom stereocenters. The van der Waals surface area contributed by atoms with Crippen molar-refractivity contribution in [3.63, 3.8) is 0 Å². The summed E-state index contributed by atoms with van der Waals surface area (Å²) in [6.07, 6.45) is 0. The molecule has 4 aromatic carbocycles. The third kappa shape index (κ3) is 5.34. The molecule has 0 aliphatic rings. The second kappa shape index (κ2) is 9.81. The smallest absolute Gasteiger partial charge is 0.123 e. The lowest BCUT2D eigenvalue weighted by molar-refractivity contribution is 0.479. The lowest BCUT2D eigenvalue weighted by Gasteiger charge is -2.29. The summed E-state index contributed by atoms with van der Waals surface area (Å²) in [4.78, 5) is 2.45. The molecular formula is C28H28NOP. The number of anilines is 1. The number of benzene rings is 4. The highest BCUT2D eigenvalue weighted by Crippen LogP contribution is 2.29. The maximum atomic E-state index is 10.5. The van der Waals surface area contributed by atoms with Crippen molar-refractivity contribution in [1.82, 2.24) is 0 Å². The average Bonchev–Trinajstić information content (AvgIpc) is 2.78. The molecule has 0 amide bonds. The normalized spacial score (nSPS) is 11.2. The first-order valence-electron chi connectivity index (χ1n) is 10.6. The fourth-order valence-corrected chi connectivity index (χ4v) is 5.23. The van der Waals surface area contributed by atoms with E-state index < -0.39 is 0 Å². The van der Waals surface area contributed by atoms with E-state index in [4.69, 9.17) is 0 Å². The van der Waals surface area contributed by atoms with Gasteiger partial charge in [-0.3, -0.25) is 0 Å². The summed E-state index contributed by atoms with van der Waals surface area (Å²) in [7, 11) is 0.392. The molecule has 0 radical (unpaired) electrons. The van der Waals surface area contributed by atoms with Crippen molar-refractivity contribution in [3.8, 4) is 5.75 Å². The molecule has 3 heteroatoms. The van der Waals surface area contributed by atoms with Crippen LogP contribution in [-0.2, 0) is 13.1 Å². The summed E-state index contributed by atoms with van der Waals surface area (Å²) >= 11 is 0. The molecule has 156 valence electrons. The molecule has 1 unspecified atom stereocenters. The fraction of sp³-hybridized carbons (Fsp3) is 0.143.